The molecule has 0 aliphatic carbocycles. The van der Waals surface area contributed by atoms with Crippen LogP contribution in [-0.2, 0) is 6.18 Å². The first-order chi connectivity index (χ1) is 10.3. The molecule has 2 aromatic rings. The summed E-state index contributed by atoms with van der Waals surface area (Å²) in [4.78, 5) is 11.7. The van der Waals surface area contributed by atoms with Crippen LogP contribution in [0.3, 0.4) is 0 Å². The normalized spacial score (nSPS) is 11.1. The number of ether oxygens (including phenoxy) is 1. The molecule has 0 saturated carbocycles. The predicted molar refractivity (Wildman–Crippen MR) is 77.6 cm³/mol. The van der Waals surface area contributed by atoms with E-state index in [-0.39, 0.29) is 10.8 Å². The van der Waals surface area contributed by atoms with Crippen LogP contribution in [0, 0.1) is 0 Å². The number of alkyl halides is 3. The van der Waals surface area contributed by atoms with Gasteiger partial charge in [-0.25, -0.2) is 4.79 Å². The van der Waals surface area contributed by atoms with Crippen LogP contribution in [0.1, 0.15) is 5.56 Å². The highest BCUT2D eigenvalue weighted by Gasteiger charge is 2.33. The molecular weight excluding hydrogens is 342 g/mol. The predicted octanol–water partition coefficient (Wildman–Crippen LogP) is 5.62. The van der Waals surface area contributed by atoms with E-state index in [1.54, 1.807) is 0 Å². The molecule has 116 valence electrons. The highest BCUT2D eigenvalue weighted by molar-refractivity contribution is 6.35. The SMILES string of the molecule is O=C(Nc1ccccc1C(F)(F)F)Oc1ccc(Cl)cc1Cl. The van der Waals surface area contributed by atoms with Gasteiger partial charge in [-0.05, 0) is 30.3 Å². The van der Waals surface area contributed by atoms with E-state index in [1.807, 2.05) is 5.32 Å². The van der Waals surface area contributed by atoms with Gasteiger partial charge in [0.2, 0.25) is 0 Å². The Morgan fingerprint density at radius 3 is 2.41 bits per heavy atom. The van der Waals surface area contributed by atoms with E-state index in [1.165, 1.54) is 30.3 Å². The Balaban J connectivity index is 2.16. The number of hydrogen-bond acceptors (Lipinski definition) is 2. The van der Waals surface area contributed by atoms with E-state index in [0.717, 1.165) is 12.1 Å². The van der Waals surface area contributed by atoms with Crippen molar-refractivity contribution in [1.82, 2.24) is 0 Å². The second-order valence-electron chi connectivity index (χ2n) is 4.13. The van der Waals surface area contributed by atoms with Crippen LogP contribution < -0.4 is 10.1 Å². The zero-order valence-electron chi connectivity index (χ0n) is 10.7. The van der Waals surface area contributed by atoms with Crippen molar-refractivity contribution in [2.75, 3.05) is 5.32 Å². The summed E-state index contributed by atoms with van der Waals surface area (Å²) in [6.07, 6.45) is -5.69. The molecule has 0 aliphatic heterocycles. The van der Waals surface area contributed by atoms with Crippen molar-refractivity contribution in [1.29, 1.82) is 0 Å². The first-order valence-corrected chi connectivity index (χ1v) is 6.63. The largest absolute Gasteiger partial charge is 0.418 e. The molecule has 1 N–H and O–H groups in total. The number of nitrogens with one attached hydrogen (secondary N) is 1. The monoisotopic (exact) mass is 349 g/mol. The lowest BCUT2D eigenvalue weighted by Gasteiger charge is -2.13. The van der Waals surface area contributed by atoms with E-state index in [2.05, 4.69) is 0 Å². The number of para-hydroxylation sites is 1. The van der Waals surface area contributed by atoms with E-state index in [9.17, 15) is 18.0 Å². The molecule has 2 rings (SSSR count). The summed E-state index contributed by atoms with van der Waals surface area (Å²) in [6.45, 7) is 0. The molecule has 0 aliphatic rings. The van der Waals surface area contributed by atoms with Crippen LogP contribution in [-0.4, -0.2) is 6.09 Å². The molecule has 2 aromatic carbocycles. The Kier molecular flexibility index (Phi) is 4.83. The molecule has 0 unspecified atom stereocenters. The number of amides is 1. The number of halogens is 5. The minimum absolute atomic E-state index is 0.0203. The molecule has 0 fully saturated rings. The van der Waals surface area contributed by atoms with Gasteiger partial charge < -0.3 is 4.74 Å². The Bertz CT molecular complexity index is 705. The number of carbonyl (C=O) groups excluding carboxylic acids is 1. The maximum atomic E-state index is 12.8. The third kappa shape index (κ3) is 4.05. The average Bonchev–Trinajstić information content (AvgIpc) is 2.41. The lowest BCUT2D eigenvalue weighted by molar-refractivity contribution is -0.136. The highest BCUT2D eigenvalue weighted by atomic mass is 35.5. The average molecular weight is 350 g/mol. The topological polar surface area (TPSA) is 38.3 Å². The third-order valence-electron chi connectivity index (χ3n) is 2.57. The lowest BCUT2D eigenvalue weighted by atomic mass is 10.2. The number of benzene rings is 2. The van der Waals surface area contributed by atoms with Gasteiger partial charge in [0.15, 0.2) is 5.75 Å². The molecule has 0 radical (unpaired) electrons. The maximum Gasteiger partial charge on any atom is 0.418 e. The Hall–Kier alpha value is -1.92. The third-order valence-corrected chi connectivity index (χ3v) is 3.10. The number of carbonyl (C=O) groups is 1. The van der Waals surface area contributed by atoms with Crippen LogP contribution in [0.25, 0.3) is 0 Å². The van der Waals surface area contributed by atoms with E-state index >= 15 is 0 Å². The summed E-state index contributed by atoms with van der Waals surface area (Å²) < 4.78 is 43.3. The smallest absolute Gasteiger partial charge is 0.409 e. The van der Waals surface area contributed by atoms with Crippen molar-refractivity contribution < 1.29 is 22.7 Å². The maximum absolute atomic E-state index is 12.8. The second-order valence-corrected chi connectivity index (χ2v) is 4.98. The van der Waals surface area contributed by atoms with E-state index < -0.39 is 23.5 Å². The number of hydrogen-bond donors (Lipinski definition) is 1. The van der Waals surface area contributed by atoms with Crippen molar-refractivity contribution >= 4 is 35.0 Å². The molecular formula is C14H8Cl2F3NO2. The molecule has 0 atom stereocenters. The molecule has 8 heteroatoms. The molecule has 0 bridgehead atoms. The molecule has 1 amide bonds. The number of rotatable bonds is 2. The first kappa shape index (κ1) is 16.5. The van der Waals surface area contributed by atoms with Crippen LogP contribution in [0.4, 0.5) is 23.7 Å². The highest BCUT2D eigenvalue weighted by Crippen LogP contribution is 2.35. The van der Waals surface area contributed by atoms with Crippen LogP contribution in [0.15, 0.2) is 42.5 Å². The Labute approximate surface area is 133 Å². The zero-order valence-corrected chi connectivity index (χ0v) is 12.3. The van der Waals surface area contributed by atoms with Gasteiger partial charge in [0.05, 0.1) is 16.3 Å². The Morgan fingerprint density at radius 2 is 1.77 bits per heavy atom. The fourth-order valence-corrected chi connectivity index (χ4v) is 2.08. The van der Waals surface area contributed by atoms with E-state index in [0.29, 0.717) is 5.02 Å². The summed E-state index contributed by atoms with van der Waals surface area (Å²) in [5.41, 5.74) is -1.39. The van der Waals surface area contributed by atoms with Gasteiger partial charge in [0.25, 0.3) is 0 Å². The molecule has 0 aromatic heterocycles. The molecule has 0 spiro atoms. The quantitative estimate of drug-likeness (QED) is 0.763. The first-order valence-electron chi connectivity index (χ1n) is 5.87. The second kappa shape index (κ2) is 6.46. The van der Waals surface area contributed by atoms with Crippen molar-refractivity contribution in [2.45, 2.75) is 6.18 Å². The minimum atomic E-state index is -4.60. The van der Waals surface area contributed by atoms with Crippen molar-refractivity contribution in [3.05, 3.63) is 58.1 Å². The van der Waals surface area contributed by atoms with Crippen LogP contribution in [0.5, 0.6) is 5.75 Å². The summed E-state index contributed by atoms with van der Waals surface area (Å²) in [5.74, 6) is -0.0203. The zero-order chi connectivity index (χ0) is 16.3. The van der Waals surface area contributed by atoms with Crippen LogP contribution >= 0.6 is 23.2 Å². The van der Waals surface area contributed by atoms with Crippen molar-refractivity contribution in [3.8, 4) is 5.75 Å². The lowest BCUT2D eigenvalue weighted by Crippen LogP contribution is -2.20. The molecule has 22 heavy (non-hydrogen) atoms. The van der Waals surface area contributed by atoms with Gasteiger partial charge >= 0.3 is 12.3 Å². The molecule has 0 heterocycles. The van der Waals surface area contributed by atoms with Gasteiger partial charge in [0, 0.05) is 5.02 Å². The van der Waals surface area contributed by atoms with E-state index in [4.69, 9.17) is 27.9 Å². The fourth-order valence-electron chi connectivity index (χ4n) is 1.63. The van der Waals surface area contributed by atoms with Gasteiger partial charge in [-0.2, -0.15) is 13.2 Å². The van der Waals surface area contributed by atoms with Gasteiger partial charge in [0.1, 0.15) is 0 Å². The Morgan fingerprint density at radius 1 is 1.09 bits per heavy atom. The summed E-state index contributed by atoms with van der Waals surface area (Å²) >= 11 is 11.5. The standard InChI is InChI=1S/C14H8Cl2F3NO2/c15-8-5-6-12(10(16)7-8)22-13(21)20-11-4-2-1-3-9(11)14(17,18)19/h1-7H,(H,20,21). The fraction of sp³-hybridized carbons (Fsp3) is 0.0714. The van der Waals surface area contributed by atoms with Crippen molar-refractivity contribution in [3.63, 3.8) is 0 Å². The molecule has 0 saturated heterocycles. The molecule has 3 nitrogen and oxygen atoms in total. The summed E-state index contributed by atoms with van der Waals surface area (Å²) in [5, 5.41) is 2.43. The van der Waals surface area contributed by atoms with Gasteiger partial charge in [-0.15, -0.1) is 0 Å². The minimum Gasteiger partial charge on any atom is -0.409 e. The summed E-state index contributed by atoms with van der Waals surface area (Å²) in [6, 6.07) is 8.66. The van der Waals surface area contributed by atoms with Gasteiger partial charge in [-0.3, -0.25) is 5.32 Å². The van der Waals surface area contributed by atoms with Gasteiger partial charge in [-0.1, -0.05) is 35.3 Å². The summed E-state index contributed by atoms with van der Waals surface area (Å²) in [7, 11) is 0. The number of anilines is 1. The van der Waals surface area contributed by atoms with Crippen molar-refractivity contribution in [2.24, 2.45) is 0 Å². The van der Waals surface area contributed by atoms with Crippen LogP contribution in [0.2, 0.25) is 10.0 Å².